The van der Waals surface area contributed by atoms with Crippen molar-refractivity contribution in [3.8, 4) is 0 Å². The average Bonchev–Trinajstić information content (AvgIpc) is 3.37. The van der Waals surface area contributed by atoms with Crippen LogP contribution in [0.15, 0.2) is 35.2 Å². The summed E-state index contributed by atoms with van der Waals surface area (Å²) in [5, 5.41) is 19.2. The molecule has 126 valence electrons. The summed E-state index contributed by atoms with van der Waals surface area (Å²) in [7, 11) is -3.73. The topological polar surface area (TPSA) is 94.9 Å². The number of β-amino-alcohol motifs (C(OH)–C–C–N with tert-alkyl or cyclic N) is 1. The maximum atomic E-state index is 12.9. The Labute approximate surface area is 135 Å². The zero-order valence-corrected chi connectivity index (χ0v) is 13.6. The molecule has 1 saturated heterocycles. The third-order valence-corrected chi connectivity index (χ3v) is 7.41. The van der Waals surface area contributed by atoms with Crippen LogP contribution < -0.4 is 0 Å². The van der Waals surface area contributed by atoms with Gasteiger partial charge in [-0.1, -0.05) is 18.2 Å². The molecule has 2 unspecified atom stereocenters. The molecule has 6 nitrogen and oxygen atoms in total. The molecule has 2 fully saturated rings. The molecular formula is C16H21NO5S. The highest BCUT2D eigenvalue weighted by Gasteiger charge is 2.62. The average molecular weight is 339 g/mol. The number of piperidine rings is 1. The first-order valence-electron chi connectivity index (χ1n) is 7.80. The lowest BCUT2D eigenvalue weighted by molar-refractivity contribution is -0.136. The molecule has 3 rings (SSSR count). The molecule has 1 heterocycles. The zero-order chi connectivity index (χ0) is 16.7. The van der Waals surface area contributed by atoms with E-state index in [0.29, 0.717) is 25.8 Å². The monoisotopic (exact) mass is 339 g/mol. The van der Waals surface area contributed by atoms with E-state index >= 15 is 0 Å². The quantitative estimate of drug-likeness (QED) is 0.817. The van der Waals surface area contributed by atoms with Gasteiger partial charge in [0.2, 0.25) is 5.91 Å². The van der Waals surface area contributed by atoms with Crippen molar-refractivity contribution in [3.05, 3.63) is 30.3 Å². The molecule has 2 aliphatic rings. The second-order valence-electron chi connectivity index (χ2n) is 6.36. The number of sulfone groups is 1. The lowest BCUT2D eigenvalue weighted by atomic mass is 9.94. The Hall–Kier alpha value is -1.44. The molecule has 0 spiro atoms. The minimum atomic E-state index is -3.73. The predicted octanol–water partition coefficient (Wildman–Crippen LogP) is 0.195. The van der Waals surface area contributed by atoms with Crippen LogP contribution in [-0.2, 0) is 14.6 Å². The highest BCUT2D eigenvalue weighted by Crippen LogP contribution is 2.48. The van der Waals surface area contributed by atoms with Gasteiger partial charge in [-0.05, 0) is 31.4 Å². The molecule has 1 aliphatic carbocycles. The number of aliphatic hydroxyl groups is 2. The van der Waals surface area contributed by atoms with Gasteiger partial charge in [0, 0.05) is 25.6 Å². The number of hydrogen-bond acceptors (Lipinski definition) is 5. The van der Waals surface area contributed by atoms with Gasteiger partial charge in [0.05, 0.1) is 11.0 Å². The summed E-state index contributed by atoms with van der Waals surface area (Å²) in [6, 6.07) is 8.04. The van der Waals surface area contributed by atoms with Crippen LogP contribution in [0.1, 0.15) is 19.3 Å². The van der Waals surface area contributed by atoms with E-state index in [4.69, 9.17) is 0 Å². The van der Waals surface area contributed by atoms with Crippen molar-refractivity contribution in [2.75, 3.05) is 19.7 Å². The Balaban J connectivity index is 1.83. The van der Waals surface area contributed by atoms with Crippen molar-refractivity contribution in [1.82, 2.24) is 4.90 Å². The number of likely N-dealkylation sites (tertiary alicyclic amines) is 1. The second-order valence-corrected chi connectivity index (χ2v) is 8.62. The molecule has 0 aromatic heterocycles. The van der Waals surface area contributed by atoms with Crippen molar-refractivity contribution in [3.63, 3.8) is 0 Å². The molecule has 7 heteroatoms. The van der Waals surface area contributed by atoms with Crippen LogP contribution in [0.3, 0.4) is 0 Å². The highest BCUT2D eigenvalue weighted by molar-refractivity contribution is 7.94. The number of hydrogen-bond donors (Lipinski definition) is 2. The Morgan fingerprint density at radius 2 is 1.91 bits per heavy atom. The van der Waals surface area contributed by atoms with E-state index in [0.717, 1.165) is 0 Å². The number of amides is 1. The summed E-state index contributed by atoms with van der Waals surface area (Å²) in [6.07, 6.45) is 0.302. The summed E-state index contributed by atoms with van der Waals surface area (Å²) < 4.78 is 24.3. The maximum absolute atomic E-state index is 12.9. The Morgan fingerprint density at radius 1 is 1.26 bits per heavy atom. The second kappa shape index (κ2) is 5.89. The molecular weight excluding hydrogens is 318 g/mol. The molecule has 1 saturated carbocycles. The van der Waals surface area contributed by atoms with Crippen LogP contribution in [-0.4, -0.2) is 60.0 Å². The van der Waals surface area contributed by atoms with E-state index in [1.165, 1.54) is 17.0 Å². The molecule has 2 atom stereocenters. The summed E-state index contributed by atoms with van der Waals surface area (Å²) in [5.41, 5.74) is 0. The Morgan fingerprint density at radius 3 is 2.43 bits per heavy atom. The van der Waals surface area contributed by atoms with Crippen LogP contribution in [0.2, 0.25) is 0 Å². The third kappa shape index (κ3) is 2.66. The Kier molecular flexibility index (Phi) is 4.20. The first-order valence-corrected chi connectivity index (χ1v) is 9.29. The predicted molar refractivity (Wildman–Crippen MR) is 83.4 cm³/mol. The number of benzene rings is 1. The van der Waals surface area contributed by atoms with Gasteiger partial charge < -0.3 is 15.1 Å². The standard InChI is InChI=1S/C16H21NO5S/c18-11-12-6-9-17(10-14(12)19)15(20)16(7-8-16)23(21,22)13-4-2-1-3-5-13/h1-5,12,14,18-19H,6-11H2. The van der Waals surface area contributed by atoms with Crippen LogP contribution in [0.4, 0.5) is 0 Å². The highest BCUT2D eigenvalue weighted by atomic mass is 32.2. The minimum Gasteiger partial charge on any atom is -0.396 e. The van der Waals surface area contributed by atoms with E-state index in [2.05, 4.69) is 0 Å². The van der Waals surface area contributed by atoms with Gasteiger partial charge >= 0.3 is 0 Å². The van der Waals surface area contributed by atoms with E-state index < -0.39 is 26.6 Å². The summed E-state index contributed by atoms with van der Waals surface area (Å²) in [6.45, 7) is 0.319. The minimum absolute atomic E-state index is 0.0795. The smallest absolute Gasteiger partial charge is 0.244 e. The third-order valence-electron chi connectivity index (χ3n) is 4.90. The fourth-order valence-corrected chi connectivity index (χ4v) is 5.17. The summed E-state index contributed by atoms with van der Waals surface area (Å²) >= 11 is 0. The number of carbonyl (C=O) groups is 1. The van der Waals surface area contributed by atoms with Gasteiger partial charge in [0.1, 0.15) is 0 Å². The molecule has 0 radical (unpaired) electrons. The van der Waals surface area contributed by atoms with E-state index in [-0.39, 0.29) is 24.0 Å². The van der Waals surface area contributed by atoms with Gasteiger partial charge in [-0.25, -0.2) is 8.42 Å². The largest absolute Gasteiger partial charge is 0.396 e. The fraction of sp³-hybridized carbons (Fsp3) is 0.562. The number of aliphatic hydroxyl groups excluding tert-OH is 2. The van der Waals surface area contributed by atoms with Crippen LogP contribution in [0, 0.1) is 5.92 Å². The first-order chi connectivity index (χ1) is 10.9. The van der Waals surface area contributed by atoms with Gasteiger partial charge in [-0.3, -0.25) is 4.79 Å². The van der Waals surface area contributed by atoms with E-state index in [1.807, 2.05) is 0 Å². The van der Waals surface area contributed by atoms with Crippen LogP contribution in [0.5, 0.6) is 0 Å². The van der Waals surface area contributed by atoms with Gasteiger partial charge in [-0.15, -0.1) is 0 Å². The van der Waals surface area contributed by atoms with E-state index in [1.54, 1.807) is 18.2 Å². The number of carbonyl (C=O) groups excluding carboxylic acids is 1. The van der Waals surface area contributed by atoms with Crippen LogP contribution in [0.25, 0.3) is 0 Å². The van der Waals surface area contributed by atoms with Gasteiger partial charge in [0.25, 0.3) is 0 Å². The molecule has 1 amide bonds. The van der Waals surface area contributed by atoms with Crippen LogP contribution >= 0.6 is 0 Å². The lowest BCUT2D eigenvalue weighted by Crippen LogP contribution is -2.53. The van der Waals surface area contributed by atoms with E-state index in [9.17, 15) is 23.4 Å². The molecule has 0 bridgehead atoms. The normalized spacial score (nSPS) is 26.8. The fourth-order valence-electron chi connectivity index (χ4n) is 3.20. The van der Waals surface area contributed by atoms with Crippen molar-refractivity contribution < 1.29 is 23.4 Å². The molecule has 1 aliphatic heterocycles. The molecule has 1 aromatic carbocycles. The lowest BCUT2D eigenvalue weighted by Gasteiger charge is -2.36. The summed E-state index contributed by atoms with van der Waals surface area (Å²) in [4.78, 5) is 14.4. The number of rotatable bonds is 4. The molecule has 2 N–H and O–H groups in total. The summed E-state index contributed by atoms with van der Waals surface area (Å²) in [5.74, 6) is -0.670. The maximum Gasteiger partial charge on any atom is 0.244 e. The Bertz CT molecular complexity index is 684. The van der Waals surface area contributed by atoms with Crippen molar-refractivity contribution >= 4 is 15.7 Å². The number of nitrogens with zero attached hydrogens (tertiary/aromatic N) is 1. The van der Waals surface area contributed by atoms with Crippen molar-refractivity contribution in [2.45, 2.75) is 35.0 Å². The molecule has 1 aromatic rings. The zero-order valence-electron chi connectivity index (χ0n) is 12.8. The van der Waals surface area contributed by atoms with Gasteiger partial charge in [0.15, 0.2) is 14.6 Å². The van der Waals surface area contributed by atoms with Gasteiger partial charge in [-0.2, -0.15) is 0 Å². The molecule has 23 heavy (non-hydrogen) atoms. The first kappa shape index (κ1) is 16.4. The van der Waals surface area contributed by atoms with Crippen molar-refractivity contribution in [2.24, 2.45) is 5.92 Å². The SMILES string of the molecule is O=C(N1CCC(CO)C(O)C1)C1(S(=O)(=O)c2ccccc2)CC1. The van der Waals surface area contributed by atoms with Crippen molar-refractivity contribution in [1.29, 1.82) is 0 Å².